The summed E-state index contributed by atoms with van der Waals surface area (Å²) in [7, 11) is 0. The van der Waals surface area contributed by atoms with Crippen LogP contribution in [-0.2, 0) is 31.3 Å². The van der Waals surface area contributed by atoms with Gasteiger partial charge in [-0.05, 0) is 36.6 Å². The molecule has 0 unspecified atom stereocenters. The van der Waals surface area contributed by atoms with Gasteiger partial charge in [-0.2, -0.15) is 0 Å². The fraction of sp³-hybridized carbons (Fsp3) is 0.469. The van der Waals surface area contributed by atoms with Crippen LogP contribution in [0.2, 0.25) is 0 Å². The molecule has 5 rings (SSSR count). The fourth-order valence-corrected chi connectivity index (χ4v) is 6.21. The largest absolute Gasteiger partial charge is 0.394 e. The van der Waals surface area contributed by atoms with Crippen molar-refractivity contribution in [2.75, 3.05) is 23.4 Å². The number of benzene rings is 2. The second-order valence-electron chi connectivity index (χ2n) is 11.8. The molecule has 2 aromatic rings. The van der Waals surface area contributed by atoms with Gasteiger partial charge >= 0.3 is 0 Å². The first-order valence-corrected chi connectivity index (χ1v) is 15.0. The van der Waals surface area contributed by atoms with Crippen LogP contribution < -0.4 is 10.2 Å². The molecular formula is C32H39N3O10. The van der Waals surface area contributed by atoms with Crippen LogP contribution in [0.1, 0.15) is 37.3 Å². The van der Waals surface area contributed by atoms with E-state index in [0.717, 1.165) is 12.8 Å². The van der Waals surface area contributed by atoms with Crippen LogP contribution in [0.5, 0.6) is 0 Å². The molecule has 45 heavy (non-hydrogen) atoms. The molecule has 0 aromatic heterocycles. The number of hydrogen-bond donors (Lipinski definition) is 7. The number of carbonyl (C=O) groups excluding carboxylic acids is 3. The molecule has 8 atom stereocenters. The Balaban J connectivity index is 1.25. The van der Waals surface area contributed by atoms with Crippen LogP contribution in [0.15, 0.2) is 60.7 Å². The van der Waals surface area contributed by atoms with Gasteiger partial charge in [-0.15, -0.1) is 0 Å². The van der Waals surface area contributed by atoms with Gasteiger partial charge in [-0.3, -0.25) is 14.4 Å². The number of para-hydroxylation sites is 1. The Kier molecular flexibility index (Phi) is 9.70. The maximum absolute atomic E-state index is 13.8. The van der Waals surface area contributed by atoms with Gasteiger partial charge in [0.25, 0.3) is 11.8 Å². The third-order valence-corrected chi connectivity index (χ3v) is 8.87. The number of hydrogen-bond acceptors (Lipinski definition) is 10. The first-order valence-electron chi connectivity index (χ1n) is 15.0. The van der Waals surface area contributed by atoms with Crippen LogP contribution in [-0.4, -0.2) is 103 Å². The van der Waals surface area contributed by atoms with E-state index < -0.39 is 54.0 Å². The zero-order valence-electron chi connectivity index (χ0n) is 24.8. The highest BCUT2D eigenvalue weighted by atomic mass is 16.6. The number of fused-ring (bicyclic) bond motifs is 1. The molecular weight excluding hydrogens is 586 g/mol. The van der Waals surface area contributed by atoms with E-state index in [-0.39, 0.29) is 31.5 Å². The van der Waals surface area contributed by atoms with Gasteiger partial charge < -0.3 is 50.5 Å². The number of amides is 3. The van der Waals surface area contributed by atoms with Crippen molar-refractivity contribution < 1.29 is 49.8 Å². The van der Waals surface area contributed by atoms with Gasteiger partial charge in [0, 0.05) is 30.1 Å². The number of nitrogens with zero attached hydrogens (tertiary/aromatic N) is 2. The lowest BCUT2D eigenvalue weighted by atomic mass is 9.83. The molecule has 2 fully saturated rings. The molecule has 0 saturated carbocycles. The molecule has 0 spiro atoms. The van der Waals surface area contributed by atoms with Gasteiger partial charge in [0.2, 0.25) is 5.91 Å². The topological polar surface area (TPSA) is 200 Å². The summed E-state index contributed by atoms with van der Waals surface area (Å²) in [6.07, 6.45) is -3.74. The lowest BCUT2D eigenvalue weighted by Crippen LogP contribution is -2.60. The fourth-order valence-electron chi connectivity index (χ4n) is 6.21. The highest BCUT2D eigenvalue weighted by Crippen LogP contribution is 2.45. The number of ether oxygens (including phenoxy) is 1. The second-order valence-corrected chi connectivity index (χ2v) is 11.8. The predicted molar refractivity (Wildman–Crippen MR) is 160 cm³/mol. The maximum Gasteiger partial charge on any atom is 0.264 e. The summed E-state index contributed by atoms with van der Waals surface area (Å²) in [5.41, 5.74) is 0.120. The Morgan fingerprint density at radius 3 is 2.49 bits per heavy atom. The number of rotatable bonds is 9. The zero-order valence-corrected chi connectivity index (χ0v) is 24.8. The van der Waals surface area contributed by atoms with E-state index >= 15 is 0 Å². The summed E-state index contributed by atoms with van der Waals surface area (Å²) in [6, 6.07) is 13.2. The second kappa shape index (κ2) is 13.3. The molecule has 0 aliphatic carbocycles. The highest BCUT2D eigenvalue weighted by molar-refractivity contribution is 6.07. The smallest absolute Gasteiger partial charge is 0.264 e. The highest BCUT2D eigenvalue weighted by Gasteiger charge is 2.52. The lowest BCUT2D eigenvalue weighted by molar-refractivity contribution is -0.274. The van der Waals surface area contributed by atoms with E-state index in [1.807, 2.05) is 0 Å². The van der Waals surface area contributed by atoms with E-state index in [1.54, 1.807) is 72.5 Å². The summed E-state index contributed by atoms with van der Waals surface area (Å²) in [4.78, 5) is 42.3. The van der Waals surface area contributed by atoms with Crippen LogP contribution in [0.25, 0.3) is 0 Å². The first kappa shape index (κ1) is 32.7. The number of likely N-dealkylation sites (tertiary alicyclic amines) is 1. The molecule has 3 aliphatic heterocycles. The third kappa shape index (κ3) is 6.25. The van der Waals surface area contributed by atoms with Crippen molar-refractivity contribution in [3.8, 4) is 0 Å². The molecule has 0 radical (unpaired) electrons. The Bertz CT molecular complexity index is 1430. The summed E-state index contributed by atoms with van der Waals surface area (Å²) in [5, 5.41) is 63.2. The Morgan fingerprint density at radius 1 is 1.07 bits per heavy atom. The van der Waals surface area contributed by atoms with Crippen LogP contribution >= 0.6 is 0 Å². The quantitative estimate of drug-likeness (QED) is 0.182. The summed E-state index contributed by atoms with van der Waals surface area (Å²) in [5.74, 6) is -2.14. The predicted octanol–water partition coefficient (Wildman–Crippen LogP) is -0.275. The molecule has 3 aliphatic rings. The summed E-state index contributed by atoms with van der Waals surface area (Å²) < 4.78 is 4.96. The molecule has 13 nitrogen and oxygen atoms in total. The standard InChI is InChI=1S/C32H39N3O10/c1-18(6-4-10-24(37)34-15-5-7-21(34)17-36)32(44)22-8-2-3-9-23(22)35(31(32)43)16-19-11-13-20(14-12-19)33-29(41)28-26(39)25(38)27(40)30(42)45-28/h2-4,6,8-9,11-14,18,21,25-28,30,36,38-40,42,44H,5,7,10,15-17H2,1H3,(H,33,41)/b6-4+/t18-,21+,25+,26+,27-,28+,30-,32+/m1/s1. The van der Waals surface area contributed by atoms with Crippen LogP contribution in [0, 0.1) is 5.92 Å². The number of aliphatic hydroxyl groups excluding tert-OH is 5. The average molecular weight is 626 g/mol. The van der Waals surface area contributed by atoms with Crippen LogP contribution in [0.4, 0.5) is 11.4 Å². The first-order chi connectivity index (χ1) is 21.5. The van der Waals surface area contributed by atoms with E-state index in [2.05, 4.69) is 5.32 Å². The molecule has 2 aromatic carbocycles. The molecule has 7 N–H and O–H groups in total. The molecule has 3 heterocycles. The van der Waals surface area contributed by atoms with E-state index in [1.165, 1.54) is 4.90 Å². The summed E-state index contributed by atoms with van der Waals surface area (Å²) >= 11 is 0. The van der Waals surface area contributed by atoms with E-state index in [0.29, 0.717) is 29.0 Å². The summed E-state index contributed by atoms with van der Waals surface area (Å²) in [6.45, 7) is 2.35. The molecule has 3 amide bonds. The van der Waals surface area contributed by atoms with E-state index in [9.17, 15) is 45.0 Å². The molecule has 13 heteroatoms. The van der Waals surface area contributed by atoms with Gasteiger partial charge in [0.15, 0.2) is 18.0 Å². The number of aliphatic hydroxyl groups is 6. The average Bonchev–Trinajstić information content (AvgIpc) is 3.61. The Hall–Kier alpha value is -3.69. The van der Waals surface area contributed by atoms with Gasteiger partial charge in [-0.1, -0.05) is 49.4 Å². The van der Waals surface area contributed by atoms with Gasteiger partial charge in [-0.25, -0.2) is 0 Å². The van der Waals surface area contributed by atoms with Crippen molar-refractivity contribution in [2.24, 2.45) is 5.92 Å². The monoisotopic (exact) mass is 625 g/mol. The van der Waals surface area contributed by atoms with Crippen molar-refractivity contribution in [3.63, 3.8) is 0 Å². The minimum absolute atomic E-state index is 0.0779. The molecule has 242 valence electrons. The van der Waals surface area contributed by atoms with Crippen molar-refractivity contribution in [1.29, 1.82) is 0 Å². The third-order valence-electron chi connectivity index (χ3n) is 8.87. The van der Waals surface area contributed by atoms with Crippen molar-refractivity contribution in [1.82, 2.24) is 4.90 Å². The zero-order chi connectivity index (χ0) is 32.5. The van der Waals surface area contributed by atoms with Crippen LogP contribution in [0.3, 0.4) is 0 Å². The van der Waals surface area contributed by atoms with Gasteiger partial charge in [0.05, 0.1) is 24.9 Å². The van der Waals surface area contributed by atoms with Crippen molar-refractivity contribution in [3.05, 3.63) is 71.8 Å². The number of nitrogens with one attached hydrogen (secondary N) is 1. The SMILES string of the molecule is C[C@H](/C=C/CC(=O)N1CCC[C@H]1CO)[C@@]1(O)C(=O)N(Cc2ccc(NC(=O)[C@H]3O[C@@H](O)[C@H](O)[C@@H](O)[C@@H]3O)cc2)c2ccccc21. The minimum Gasteiger partial charge on any atom is -0.394 e. The maximum atomic E-state index is 13.8. The number of carbonyl (C=O) groups is 3. The lowest BCUT2D eigenvalue weighted by Gasteiger charge is -2.37. The van der Waals surface area contributed by atoms with E-state index in [4.69, 9.17) is 4.74 Å². The van der Waals surface area contributed by atoms with Crippen molar-refractivity contribution in [2.45, 2.75) is 75.1 Å². The van der Waals surface area contributed by atoms with Crippen molar-refractivity contribution >= 4 is 29.1 Å². The Morgan fingerprint density at radius 2 is 1.78 bits per heavy atom. The van der Waals surface area contributed by atoms with Gasteiger partial charge in [0.1, 0.15) is 18.3 Å². The molecule has 2 saturated heterocycles. The minimum atomic E-state index is -1.87. The normalized spacial score (nSPS) is 30.5. The molecule has 0 bridgehead atoms. The Labute approximate surface area is 260 Å². The number of anilines is 2.